The van der Waals surface area contributed by atoms with Crippen molar-refractivity contribution in [2.24, 2.45) is 0 Å². The van der Waals surface area contributed by atoms with Crippen molar-refractivity contribution in [1.82, 2.24) is 8.75 Å². The molecule has 0 atom stereocenters. The predicted octanol–water partition coefficient (Wildman–Crippen LogP) is 15.3. The van der Waals surface area contributed by atoms with Crippen molar-refractivity contribution >= 4 is 77.3 Å². The van der Waals surface area contributed by atoms with Gasteiger partial charge in [0.05, 0.1) is 42.3 Å². The van der Waals surface area contributed by atoms with Gasteiger partial charge in [-0.25, -0.2) is 0 Å². The lowest BCUT2D eigenvalue weighted by Gasteiger charge is -2.10. The number of rotatable bonds is 26. The maximum absolute atomic E-state index is 6.36. The standard InChI is InChI=1S/C38H54Br2N2O2S3/c1-3-5-7-9-11-13-15-17-19-21-25-43-31-27-33(39)45-37(31)29-23-24-30(36-35(29)41-47-42-36)38-32(28-34(40)46-38)44-26-22-20-18-16-14-12-10-8-6-4-2/h23-24,27-28H,3-22,25-26H2,1-2H3. The average molecular weight is 827 g/mol. The maximum Gasteiger partial charge on any atom is 0.139 e. The molecule has 0 amide bonds. The van der Waals surface area contributed by atoms with E-state index >= 15 is 0 Å². The van der Waals surface area contributed by atoms with Gasteiger partial charge in [0.1, 0.15) is 22.5 Å². The summed E-state index contributed by atoms with van der Waals surface area (Å²) in [7, 11) is 0. The van der Waals surface area contributed by atoms with Crippen LogP contribution in [0, 0.1) is 0 Å². The van der Waals surface area contributed by atoms with E-state index in [1.54, 1.807) is 22.7 Å². The molecule has 0 bridgehead atoms. The molecule has 0 aliphatic heterocycles. The van der Waals surface area contributed by atoms with Crippen LogP contribution < -0.4 is 9.47 Å². The van der Waals surface area contributed by atoms with E-state index in [2.05, 4.69) is 70.0 Å². The Hall–Kier alpha value is -1.00. The van der Waals surface area contributed by atoms with Gasteiger partial charge in [-0.1, -0.05) is 142 Å². The fourth-order valence-corrected chi connectivity index (χ4v) is 9.73. The molecule has 260 valence electrons. The molecule has 4 aromatic rings. The van der Waals surface area contributed by atoms with Crippen molar-refractivity contribution in [1.29, 1.82) is 0 Å². The highest BCUT2D eigenvalue weighted by Crippen LogP contribution is 2.48. The van der Waals surface area contributed by atoms with E-state index in [1.807, 2.05) is 0 Å². The number of unbranched alkanes of at least 4 members (excludes halogenated alkanes) is 18. The summed E-state index contributed by atoms with van der Waals surface area (Å²) in [4.78, 5) is 2.22. The molecular weight excluding hydrogens is 772 g/mol. The van der Waals surface area contributed by atoms with Crippen LogP contribution in [-0.2, 0) is 0 Å². The van der Waals surface area contributed by atoms with Gasteiger partial charge in [0.2, 0.25) is 0 Å². The molecule has 1 aromatic carbocycles. The van der Waals surface area contributed by atoms with E-state index in [0.29, 0.717) is 0 Å². The second-order valence-corrected chi connectivity index (χ2v) is 18.1. The zero-order valence-electron chi connectivity index (χ0n) is 28.6. The van der Waals surface area contributed by atoms with Crippen LogP contribution in [-0.4, -0.2) is 22.0 Å². The van der Waals surface area contributed by atoms with E-state index in [4.69, 9.17) is 18.2 Å². The van der Waals surface area contributed by atoms with Crippen LogP contribution in [0.1, 0.15) is 142 Å². The molecule has 0 radical (unpaired) electrons. The summed E-state index contributed by atoms with van der Waals surface area (Å²) in [5.41, 5.74) is 4.01. The van der Waals surface area contributed by atoms with Gasteiger partial charge < -0.3 is 9.47 Å². The normalized spacial score (nSPS) is 11.6. The summed E-state index contributed by atoms with van der Waals surface area (Å²) < 4.78 is 24.4. The number of nitrogens with zero attached hydrogens (tertiary/aromatic N) is 2. The van der Waals surface area contributed by atoms with E-state index in [0.717, 1.165) is 77.0 Å². The predicted molar refractivity (Wildman–Crippen MR) is 214 cm³/mol. The largest absolute Gasteiger partial charge is 0.492 e. The van der Waals surface area contributed by atoms with Gasteiger partial charge in [-0.2, -0.15) is 8.75 Å². The molecule has 4 rings (SSSR count). The fourth-order valence-electron chi connectivity index (χ4n) is 6.06. The Bertz CT molecular complexity index is 1330. The molecule has 3 heterocycles. The third-order valence-corrected chi connectivity index (χ3v) is 12.6. The van der Waals surface area contributed by atoms with E-state index in [1.165, 1.54) is 127 Å². The number of thiophene rings is 2. The highest BCUT2D eigenvalue weighted by atomic mass is 79.9. The molecule has 0 N–H and O–H groups in total. The number of aromatic nitrogens is 2. The Morgan fingerprint density at radius 3 is 1.21 bits per heavy atom. The van der Waals surface area contributed by atoms with Gasteiger partial charge in [-0.3, -0.25) is 0 Å². The number of benzene rings is 1. The van der Waals surface area contributed by atoms with Crippen molar-refractivity contribution in [3.63, 3.8) is 0 Å². The molecule has 47 heavy (non-hydrogen) atoms. The van der Waals surface area contributed by atoms with Crippen LogP contribution in [0.15, 0.2) is 31.8 Å². The summed E-state index contributed by atoms with van der Waals surface area (Å²) in [5, 5.41) is 0. The minimum atomic E-state index is 0.742. The van der Waals surface area contributed by atoms with Crippen molar-refractivity contribution in [3.05, 3.63) is 31.8 Å². The molecule has 3 aromatic heterocycles. The molecule has 0 unspecified atom stereocenters. The van der Waals surface area contributed by atoms with E-state index in [-0.39, 0.29) is 0 Å². The van der Waals surface area contributed by atoms with Crippen molar-refractivity contribution in [2.45, 2.75) is 142 Å². The van der Waals surface area contributed by atoms with Gasteiger partial charge in [0.15, 0.2) is 0 Å². The third kappa shape index (κ3) is 13.0. The Labute approximate surface area is 313 Å². The highest BCUT2D eigenvalue weighted by molar-refractivity contribution is 9.11. The summed E-state index contributed by atoms with van der Waals surface area (Å²) in [5.74, 6) is 1.86. The Kier molecular flexibility index (Phi) is 18.7. The molecule has 0 saturated carbocycles. The zero-order chi connectivity index (χ0) is 33.1. The SMILES string of the molecule is CCCCCCCCCCCCOc1cc(Br)sc1-c1ccc(-c2sc(Br)cc2OCCCCCCCCCCCC)c2nsnc12. The van der Waals surface area contributed by atoms with E-state index in [9.17, 15) is 0 Å². The first kappa shape index (κ1) is 38.8. The minimum Gasteiger partial charge on any atom is -0.492 e. The molecule has 0 spiro atoms. The minimum absolute atomic E-state index is 0.742. The monoisotopic (exact) mass is 824 g/mol. The smallest absolute Gasteiger partial charge is 0.139 e. The van der Waals surface area contributed by atoms with Crippen molar-refractivity contribution < 1.29 is 9.47 Å². The van der Waals surface area contributed by atoms with Crippen LogP contribution in [0.3, 0.4) is 0 Å². The van der Waals surface area contributed by atoms with Crippen LogP contribution >= 0.6 is 66.3 Å². The van der Waals surface area contributed by atoms with Crippen LogP contribution in [0.2, 0.25) is 0 Å². The second kappa shape index (κ2) is 22.7. The Balaban J connectivity index is 1.29. The molecule has 0 aliphatic carbocycles. The van der Waals surface area contributed by atoms with Gasteiger partial charge in [-0.15, -0.1) is 22.7 Å². The average Bonchev–Trinajstić information content (AvgIpc) is 3.80. The lowest BCUT2D eigenvalue weighted by molar-refractivity contribution is 0.306. The van der Waals surface area contributed by atoms with Crippen LogP contribution in [0.25, 0.3) is 31.9 Å². The lowest BCUT2D eigenvalue weighted by atomic mass is 10.1. The molecule has 0 saturated heterocycles. The summed E-state index contributed by atoms with van der Waals surface area (Å²) in [6, 6.07) is 8.58. The third-order valence-electron chi connectivity index (χ3n) is 8.75. The number of hydrogen-bond acceptors (Lipinski definition) is 7. The first-order chi connectivity index (χ1) is 23.1. The molecule has 9 heteroatoms. The zero-order valence-corrected chi connectivity index (χ0v) is 34.2. The molecule has 0 aliphatic rings. The second-order valence-electron chi connectivity index (χ2n) is 12.7. The molecule has 0 fully saturated rings. The summed E-state index contributed by atoms with van der Waals surface area (Å²) >= 11 is 12.1. The Morgan fingerprint density at radius 2 is 0.851 bits per heavy atom. The topological polar surface area (TPSA) is 44.2 Å². The number of halogens is 2. The fraction of sp³-hybridized carbons (Fsp3) is 0.632. The number of hydrogen-bond donors (Lipinski definition) is 0. The van der Waals surface area contributed by atoms with Gasteiger partial charge in [-0.05, 0) is 44.7 Å². The van der Waals surface area contributed by atoms with E-state index < -0.39 is 0 Å². The molecule has 4 nitrogen and oxygen atoms in total. The van der Waals surface area contributed by atoms with Gasteiger partial charge in [0.25, 0.3) is 0 Å². The van der Waals surface area contributed by atoms with Gasteiger partial charge in [0, 0.05) is 23.3 Å². The van der Waals surface area contributed by atoms with Gasteiger partial charge >= 0.3 is 0 Å². The highest BCUT2D eigenvalue weighted by Gasteiger charge is 2.21. The number of ether oxygens (including phenoxy) is 2. The van der Waals surface area contributed by atoms with Crippen LogP contribution in [0.4, 0.5) is 0 Å². The summed E-state index contributed by atoms with van der Waals surface area (Å²) in [6.45, 7) is 6.05. The summed E-state index contributed by atoms with van der Waals surface area (Å²) in [6.07, 6.45) is 26.4. The first-order valence-electron chi connectivity index (χ1n) is 18.2. The van der Waals surface area contributed by atoms with Crippen molar-refractivity contribution in [2.75, 3.05) is 13.2 Å². The quantitative estimate of drug-likeness (QED) is 0.0592. The van der Waals surface area contributed by atoms with Crippen molar-refractivity contribution in [3.8, 4) is 32.4 Å². The number of fused-ring (bicyclic) bond motifs is 1. The Morgan fingerprint density at radius 1 is 0.511 bits per heavy atom. The first-order valence-corrected chi connectivity index (χ1v) is 22.2. The molecular formula is C38H54Br2N2O2S3. The lowest BCUT2D eigenvalue weighted by Crippen LogP contribution is -1.98. The maximum atomic E-state index is 6.36. The van der Waals surface area contributed by atoms with Crippen LogP contribution in [0.5, 0.6) is 11.5 Å².